The predicted molar refractivity (Wildman–Crippen MR) is 52.2 cm³/mol. The van der Waals surface area contributed by atoms with E-state index in [2.05, 4.69) is 4.98 Å². The van der Waals surface area contributed by atoms with Gasteiger partial charge in [0.1, 0.15) is 11.0 Å². The zero-order valence-electron chi connectivity index (χ0n) is 6.71. The average Bonchev–Trinajstić information content (AvgIpc) is 2.07. The Kier molecular flexibility index (Phi) is 2.93. The highest BCUT2D eigenvalue weighted by molar-refractivity contribution is 6.37. The molecule has 0 unspecified atom stereocenters. The van der Waals surface area contributed by atoms with Crippen LogP contribution in [-0.4, -0.2) is 21.9 Å². The van der Waals surface area contributed by atoms with Gasteiger partial charge in [0.2, 0.25) is 0 Å². The number of nitrogens with zero attached hydrogens (tertiary/aromatic N) is 1. The number of nitrogens with two attached hydrogens (primary N) is 1. The van der Waals surface area contributed by atoms with Gasteiger partial charge >= 0.3 is 5.97 Å². The molecule has 0 amide bonds. The van der Waals surface area contributed by atoms with E-state index < -0.39 is 11.7 Å². The molecule has 4 N–H and O–H groups in total. The number of carboxylic acid groups (broad SMARTS) is 1. The van der Waals surface area contributed by atoms with Crippen LogP contribution >= 0.6 is 23.2 Å². The van der Waals surface area contributed by atoms with Crippen LogP contribution in [0.4, 0.5) is 0 Å². The van der Waals surface area contributed by atoms with E-state index in [1.807, 2.05) is 0 Å². The summed E-state index contributed by atoms with van der Waals surface area (Å²) in [6, 6.07) is 1.23. The van der Waals surface area contributed by atoms with E-state index in [9.17, 15) is 4.79 Å². The lowest BCUT2D eigenvalue weighted by Gasteiger charge is -2.04. The van der Waals surface area contributed by atoms with Crippen molar-refractivity contribution in [3.8, 4) is 0 Å². The van der Waals surface area contributed by atoms with Gasteiger partial charge in [-0.05, 0) is 6.07 Å². The molecule has 1 heterocycles. The summed E-state index contributed by atoms with van der Waals surface area (Å²) >= 11 is 11.2. The highest BCUT2D eigenvalue weighted by Crippen LogP contribution is 2.22. The highest BCUT2D eigenvalue weighted by Gasteiger charge is 2.17. The highest BCUT2D eigenvalue weighted by atomic mass is 35.5. The van der Waals surface area contributed by atoms with E-state index in [-0.39, 0.29) is 21.6 Å². The molecule has 74 valence electrons. The molecule has 1 aromatic rings. The largest absolute Gasteiger partial charge is 0.476 e. The zero-order valence-corrected chi connectivity index (χ0v) is 8.23. The second kappa shape index (κ2) is 3.81. The van der Waals surface area contributed by atoms with E-state index in [1.165, 1.54) is 6.07 Å². The molecular weight excluding hydrogens is 229 g/mol. The molecule has 0 bridgehead atoms. The van der Waals surface area contributed by atoms with E-state index >= 15 is 0 Å². The van der Waals surface area contributed by atoms with E-state index in [0.717, 1.165) is 0 Å². The summed E-state index contributed by atoms with van der Waals surface area (Å²) in [7, 11) is 0. The molecule has 0 aromatic carbocycles. The molecule has 0 saturated heterocycles. The number of nitrogen functional groups attached to an aromatic ring is 1. The lowest BCUT2D eigenvalue weighted by Crippen LogP contribution is -2.14. The maximum atomic E-state index is 10.6. The molecular formula is C7H5Cl2N3O2. The Bertz CT molecular complexity index is 384. The summed E-state index contributed by atoms with van der Waals surface area (Å²) < 4.78 is 0. The average molecular weight is 234 g/mol. The molecule has 0 aliphatic heterocycles. The number of pyridine rings is 1. The van der Waals surface area contributed by atoms with Crippen molar-refractivity contribution in [1.29, 1.82) is 5.41 Å². The summed E-state index contributed by atoms with van der Waals surface area (Å²) in [5, 5.41) is 15.5. The minimum Gasteiger partial charge on any atom is -0.476 e. The van der Waals surface area contributed by atoms with Gasteiger partial charge < -0.3 is 10.8 Å². The number of halogens is 2. The minimum absolute atomic E-state index is 0.0593. The summed E-state index contributed by atoms with van der Waals surface area (Å²) in [5.74, 6) is -1.68. The molecule has 0 aliphatic carbocycles. The fourth-order valence-corrected chi connectivity index (χ4v) is 1.31. The summed E-state index contributed by atoms with van der Waals surface area (Å²) in [4.78, 5) is 14.1. The zero-order chi connectivity index (χ0) is 10.9. The Labute approximate surface area is 89.0 Å². The standard InChI is InChI=1S/C7H5Cl2N3O2/c8-3-1-2(6(10)11)4(9)5(12-3)7(13)14/h1H,(H3,10,11)(H,13,14). The van der Waals surface area contributed by atoms with Gasteiger partial charge in [0.05, 0.1) is 5.02 Å². The van der Waals surface area contributed by atoms with Crippen molar-refractivity contribution in [3.05, 3.63) is 27.5 Å². The summed E-state index contributed by atoms with van der Waals surface area (Å²) in [6.45, 7) is 0. The summed E-state index contributed by atoms with van der Waals surface area (Å²) in [5.41, 5.74) is 4.82. The Morgan fingerprint density at radius 1 is 1.57 bits per heavy atom. The van der Waals surface area contributed by atoms with Crippen molar-refractivity contribution in [3.63, 3.8) is 0 Å². The smallest absolute Gasteiger partial charge is 0.356 e. The van der Waals surface area contributed by atoms with Crippen LogP contribution in [0.25, 0.3) is 0 Å². The number of aromatic nitrogens is 1. The number of nitrogens with one attached hydrogen (secondary N) is 1. The van der Waals surface area contributed by atoms with Gasteiger partial charge in [-0.3, -0.25) is 5.41 Å². The molecule has 0 spiro atoms. The Hall–Kier alpha value is -1.33. The molecule has 1 rings (SSSR count). The number of amidine groups is 1. The van der Waals surface area contributed by atoms with Crippen molar-refractivity contribution in [2.75, 3.05) is 0 Å². The fraction of sp³-hybridized carbons (Fsp3) is 0. The van der Waals surface area contributed by atoms with Crippen molar-refractivity contribution >= 4 is 35.0 Å². The third-order valence-electron chi connectivity index (χ3n) is 1.42. The Balaban J connectivity index is 3.47. The summed E-state index contributed by atoms with van der Waals surface area (Å²) in [6.07, 6.45) is 0. The predicted octanol–water partition coefficient (Wildman–Crippen LogP) is 1.37. The molecule has 14 heavy (non-hydrogen) atoms. The Morgan fingerprint density at radius 3 is 2.57 bits per heavy atom. The van der Waals surface area contributed by atoms with Crippen LogP contribution in [0, 0.1) is 5.41 Å². The SMILES string of the molecule is N=C(N)c1cc(Cl)nc(C(=O)O)c1Cl. The normalized spacial score (nSPS) is 9.86. The van der Waals surface area contributed by atoms with Crippen molar-refractivity contribution < 1.29 is 9.90 Å². The van der Waals surface area contributed by atoms with Gasteiger partial charge in [-0.25, -0.2) is 9.78 Å². The minimum atomic E-state index is -1.32. The van der Waals surface area contributed by atoms with Crippen LogP contribution in [0.15, 0.2) is 6.07 Å². The molecule has 7 heteroatoms. The second-order valence-electron chi connectivity index (χ2n) is 2.37. The third-order valence-corrected chi connectivity index (χ3v) is 2.00. The molecule has 5 nitrogen and oxygen atoms in total. The van der Waals surface area contributed by atoms with Crippen molar-refractivity contribution in [2.24, 2.45) is 5.73 Å². The second-order valence-corrected chi connectivity index (χ2v) is 3.14. The number of hydrogen-bond donors (Lipinski definition) is 3. The molecule has 0 aliphatic rings. The van der Waals surface area contributed by atoms with Gasteiger partial charge in [-0.15, -0.1) is 0 Å². The van der Waals surface area contributed by atoms with Crippen molar-refractivity contribution in [2.45, 2.75) is 0 Å². The van der Waals surface area contributed by atoms with E-state index in [0.29, 0.717) is 0 Å². The van der Waals surface area contributed by atoms with Crippen LogP contribution in [-0.2, 0) is 0 Å². The topological polar surface area (TPSA) is 100 Å². The first kappa shape index (κ1) is 10.7. The van der Waals surface area contributed by atoms with Crippen LogP contribution in [0.2, 0.25) is 10.2 Å². The first-order valence-corrected chi connectivity index (χ1v) is 4.12. The van der Waals surface area contributed by atoms with Crippen LogP contribution in [0.5, 0.6) is 0 Å². The number of carbonyl (C=O) groups is 1. The van der Waals surface area contributed by atoms with Crippen LogP contribution < -0.4 is 5.73 Å². The monoisotopic (exact) mass is 233 g/mol. The van der Waals surface area contributed by atoms with Crippen LogP contribution in [0.1, 0.15) is 16.1 Å². The number of carboxylic acids is 1. The number of rotatable bonds is 2. The fourth-order valence-electron chi connectivity index (χ4n) is 0.836. The van der Waals surface area contributed by atoms with Gasteiger partial charge in [0.15, 0.2) is 5.69 Å². The lowest BCUT2D eigenvalue weighted by molar-refractivity contribution is 0.0690. The van der Waals surface area contributed by atoms with Crippen LogP contribution in [0.3, 0.4) is 0 Å². The molecule has 0 atom stereocenters. The van der Waals surface area contributed by atoms with Crippen molar-refractivity contribution in [1.82, 2.24) is 4.98 Å². The van der Waals surface area contributed by atoms with Gasteiger partial charge in [0, 0.05) is 5.56 Å². The molecule has 0 fully saturated rings. The van der Waals surface area contributed by atoms with E-state index in [1.54, 1.807) is 0 Å². The maximum absolute atomic E-state index is 10.6. The maximum Gasteiger partial charge on any atom is 0.356 e. The quantitative estimate of drug-likeness (QED) is 0.408. The first-order valence-electron chi connectivity index (χ1n) is 3.37. The van der Waals surface area contributed by atoms with E-state index in [4.69, 9.17) is 39.5 Å². The molecule has 0 saturated carbocycles. The molecule has 0 radical (unpaired) electrons. The lowest BCUT2D eigenvalue weighted by atomic mass is 10.2. The number of hydrogen-bond acceptors (Lipinski definition) is 3. The molecule has 1 aromatic heterocycles. The first-order chi connectivity index (χ1) is 6.43. The van der Waals surface area contributed by atoms with Gasteiger partial charge in [0.25, 0.3) is 0 Å². The number of aromatic carboxylic acids is 1. The van der Waals surface area contributed by atoms with Gasteiger partial charge in [-0.1, -0.05) is 23.2 Å². The van der Waals surface area contributed by atoms with Gasteiger partial charge in [-0.2, -0.15) is 0 Å². The Morgan fingerprint density at radius 2 is 2.14 bits per heavy atom. The third kappa shape index (κ3) is 1.94.